The summed E-state index contributed by atoms with van der Waals surface area (Å²) in [6.07, 6.45) is 3.71. The second-order valence-electron chi connectivity index (χ2n) is 6.88. The molecule has 1 fully saturated rings. The molecular formula is C20H21FN4OS. The van der Waals surface area contributed by atoms with Gasteiger partial charge in [0, 0.05) is 28.5 Å². The average Bonchev–Trinajstić information content (AvgIpc) is 3.09. The first-order valence-electron chi connectivity index (χ1n) is 9.01. The smallest absolute Gasteiger partial charge is 0.251 e. The highest BCUT2D eigenvalue weighted by molar-refractivity contribution is 7.22. The number of anilines is 1. The average molecular weight is 384 g/mol. The number of rotatable bonds is 4. The maximum atomic E-state index is 13.3. The van der Waals surface area contributed by atoms with Crippen LogP contribution in [-0.2, 0) is 0 Å². The quantitative estimate of drug-likeness (QED) is 0.640. The van der Waals surface area contributed by atoms with E-state index in [1.54, 1.807) is 18.3 Å². The molecule has 0 aliphatic carbocycles. The van der Waals surface area contributed by atoms with Crippen molar-refractivity contribution in [3.63, 3.8) is 0 Å². The van der Waals surface area contributed by atoms with E-state index in [-0.39, 0.29) is 11.9 Å². The Hall–Kier alpha value is -2.51. The molecule has 1 aliphatic heterocycles. The summed E-state index contributed by atoms with van der Waals surface area (Å²) < 4.78 is 14.1. The van der Waals surface area contributed by atoms with E-state index >= 15 is 0 Å². The van der Waals surface area contributed by atoms with Gasteiger partial charge >= 0.3 is 0 Å². The summed E-state index contributed by atoms with van der Waals surface area (Å²) >= 11 is 1.47. The molecule has 0 spiro atoms. The largest absolute Gasteiger partial charge is 0.366 e. The highest BCUT2D eigenvalue weighted by atomic mass is 32.1. The molecular weight excluding hydrogens is 363 g/mol. The van der Waals surface area contributed by atoms with Gasteiger partial charge in [0.05, 0.1) is 10.3 Å². The molecule has 7 heteroatoms. The van der Waals surface area contributed by atoms with Crippen LogP contribution < -0.4 is 16.4 Å². The monoisotopic (exact) mass is 384 g/mol. The summed E-state index contributed by atoms with van der Waals surface area (Å²) in [7, 11) is 0. The van der Waals surface area contributed by atoms with E-state index in [1.807, 2.05) is 6.07 Å². The Kier molecular flexibility index (Phi) is 4.80. The van der Waals surface area contributed by atoms with Gasteiger partial charge in [0.15, 0.2) is 0 Å². The Labute approximate surface area is 160 Å². The summed E-state index contributed by atoms with van der Waals surface area (Å²) in [6.45, 7) is 3.18. The first-order valence-corrected chi connectivity index (χ1v) is 9.83. The van der Waals surface area contributed by atoms with Crippen LogP contribution in [0.2, 0.25) is 0 Å². The van der Waals surface area contributed by atoms with Gasteiger partial charge in [-0.25, -0.2) is 9.37 Å². The SMILES string of the molecule is C[C@@H]1NCCC[C@H]1Nc1ncc(C(N)=O)c2sc(-c3ccc(F)cc3)cc12. The van der Waals surface area contributed by atoms with Crippen molar-refractivity contribution in [3.05, 3.63) is 47.9 Å². The van der Waals surface area contributed by atoms with E-state index in [0.717, 1.165) is 45.7 Å². The maximum Gasteiger partial charge on any atom is 0.251 e. The van der Waals surface area contributed by atoms with Crippen molar-refractivity contribution in [2.24, 2.45) is 5.73 Å². The molecule has 3 aromatic rings. The van der Waals surface area contributed by atoms with Crippen molar-refractivity contribution < 1.29 is 9.18 Å². The van der Waals surface area contributed by atoms with Gasteiger partial charge in [-0.15, -0.1) is 11.3 Å². The van der Waals surface area contributed by atoms with Crippen molar-refractivity contribution in [3.8, 4) is 10.4 Å². The number of fused-ring (bicyclic) bond motifs is 1. The van der Waals surface area contributed by atoms with Crippen molar-refractivity contribution >= 4 is 33.1 Å². The van der Waals surface area contributed by atoms with E-state index in [0.29, 0.717) is 11.6 Å². The van der Waals surface area contributed by atoms with E-state index in [1.165, 1.54) is 23.5 Å². The topological polar surface area (TPSA) is 80.0 Å². The number of hydrogen-bond donors (Lipinski definition) is 3. The summed E-state index contributed by atoms with van der Waals surface area (Å²) in [6, 6.07) is 8.93. The molecule has 3 heterocycles. The normalized spacial score (nSPS) is 19.9. The van der Waals surface area contributed by atoms with Gasteiger partial charge in [0.1, 0.15) is 11.6 Å². The number of nitrogens with zero attached hydrogens (tertiary/aromatic N) is 1. The Bertz CT molecular complexity index is 986. The van der Waals surface area contributed by atoms with Crippen LogP contribution in [0.3, 0.4) is 0 Å². The number of benzene rings is 1. The first kappa shape index (κ1) is 17.9. The lowest BCUT2D eigenvalue weighted by Gasteiger charge is -2.31. The predicted molar refractivity (Wildman–Crippen MR) is 108 cm³/mol. The summed E-state index contributed by atoms with van der Waals surface area (Å²) in [5.41, 5.74) is 6.85. The minimum atomic E-state index is -0.501. The van der Waals surface area contributed by atoms with Gasteiger partial charge in [-0.1, -0.05) is 12.1 Å². The van der Waals surface area contributed by atoms with E-state index in [4.69, 9.17) is 5.73 Å². The van der Waals surface area contributed by atoms with Gasteiger partial charge < -0.3 is 16.4 Å². The van der Waals surface area contributed by atoms with Crippen molar-refractivity contribution in [2.45, 2.75) is 31.8 Å². The van der Waals surface area contributed by atoms with Gasteiger partial charge in [0.2, 0.25) is 0 Å². The minimum absolute atomic E-state index is 0.267. The van der Waals surface area contributed by atoms with Crippen LogP contribution in [0.4, 0.5) is 10.2 Å². The molecule has 0 bridgehead atoms. The van der Waals surface area contributed by atoms with Crippen LogP contribution in [-0.4, -0.2) is 29.5 Å². The number of thiophene rings is 1. The summed E-state index contributed by atoms with van der Waals surface area (Å²) in [5, 5.41) is 7.87. The minimum Gasteiger partial charge on any atom is -0.366 e. The van der Waals surface area contributed by atoms with Gasteiger partial charge in [-0.3, -0.25) is 4.79 Å². The molecule has 2 atom stereocenters. The van der Waals surface area contributed by atoms with Crippen molar-refractivity contribution in [1.29, 1.82) is 0 Å². The highest BCUT2D eigenvalue weighted by Crippen LogP contribution is 2.38. The zero-order chi connectivity index (χ0) is 19.0. The van der Waals surface area contributed by atoms with Crippen LogP contribution >= 0.6 is 11.3 Å². The lowest BCUT2D eigenvalue weighted by atomic mass is 9.99. The number of nitrogens with one attached hydrogen (secondary N) is 2. The Morgan fingerprint density at radius 2 is 2.15 bits per heavy atom. The van der Waals surface area contributed by atoms with Gasteiger partial charge in [0.25, 0.3) is 5.91 Å². The molecule has 4 rings (SSSR count). The van der Waals surface area contributed by atoms with Crippen LogP contribution in [0.15, 0.2) is 36.5 Å². The second kappa shape index (κ2) is 7.25. The fourth-order valence-corrected chi connectivity index (χ4v) is 4.67. The molecule has 2 aromatic heterocycles. The zero-order valence-electron chi connectivity index (χ0n) is 15.0. The molecule has 0 saturated carbocycles. The number of piperidine rings is 1. The lowest BCUT2D eigenvalue weighted by molar-refractivity contribution is 0.100. The van der Waals surface area contributed by atoms with E-state index in [9.17, 15) is 9.18 Å². The number of nitrogens with two attached hydrogens (primary N) is 1. The highest BCUT2D eigenvalue weighted by Gasteiger charge is 2.23. The molecule has 1 saturated heterocycles. The molecule has 1 aliphatic rings. The number of hydrogen-bond acceptors (Lipinski definition) is 5. The number of amides is 1. The molecule has 0 unspecified atom stereocenters. The number of primary amides is 1. The van der Waals surface area contributed by atoms with E-state index < -0.39 is 5.91 Å². The number of pyridine rings is 1. The fraction of sp³-hybridized carbons (Fsp3) is 0.300. The molecule has 4 N–H and O–H groups in total. The standard InChI is InChI=1S/C20H21FN4OS/c1-11-16(3-2-8-23-11)25-20-14-9-17(12-4-6-13(21)7-5-12)27-18(14)15(10-24-20)19(22)26/h4-7,9-11,16,23H,2-3,8H2,1H3,(H2,22,26)(H,24,25)/t11-,16+/m0/s1. The second-order valence-corrected chi connectivity index (χ2v) is 7.93. The van der Waals surface area contributed by atoms with E-state index in [2.05, 4.69) is 22.5 Å². The predicted octanol–water partition coefficient (Wildman–Crippen LogP) is 3.75. The van der Waals surface area contributed by atoms with Crippen LogP contribution in [0, 0.1) is 5.82 Å². The molecule has 0 radical (unpaired) electrons. The number of carbonyl (C=O) groups excluding carboxylic acids is 1. The summed E-state index contributed by atoms with van der Waals surface area (Å²) in [5.74, 6) is -0.0279. The Morgan fingerprint density at radius 3 is 2.85 bits per heavy atom. The van der Waals surface area contributed by atoms with Crippen LogP contribution in [0.5, 0.6) is 0 Å². The zero-order valence-corrected chi connectivity index (χ0v) is 15.8. The molecule has 140 valence electrons. The maximum absolute atomic E-state index is 13.3. The first-order chi connectivity index (χ1) is 13.0. The Morgan fingerprint density at radius 1 is 1.37 bits per heavy atom. The summed E-state index contributed by atoms with van der Waals surface area (Å²) in [4.78, 5) is 17.3. The van der Waals surface area contributed by atoms with Gasteiger partial charge in [-0.05, 0) is 50.1 Å². The third-order valence-corrected chi connectivity index (χ3v) is 6.25. The molecule has 1 aromatic carbocycles. The molecule has 1 amide bonds. The number of carbonyl (C=O) groups is 1. The van der Waals surface area contributed by atoms with Crippen molar-refractivity contribution in [1.82, 2.24) is 10.3 Å². The molecule has 27 heavy (non-hydrogen) atoms. The third-order valence-electron chi connectivity index (χ3n) is 5.03. The van der Waals surface area contributed by atoms with Crippen LogP contribution in [0.1, 0.15) is 30.1 Å². The molecule has 5 nitrogen and oxygen atoms in total. The fourth-order valence-electron chi connectivity index (χ4n) is 3.49. The lowest BCUT2D eigenvalue weighted by Crippen LogP contribution is -2.46. The van der Waals surface area contributed by atoms with Crippen LogP contribution in [0.25, 0.3) is 20.5 Å². The number of halogens is 1. The van der Waals surface area contributed by atoms with Crippen molar-refractivity contribution in [2.75, 3.05) is 11.9 Å². The Balaban J connectivity index is 1.79. The van der Waals surface area contributed by atoms with Gasteiger partial charge in [-0.2, -0.15) is 0 Å². The number of aromatic nitrogens is 1. The third kappa shape index (κ3) is 3.52.